The summed E-state index contributed by atoms with van der Waals surface area (Å²) in [5.74, 6) is 0. The van der Waals surface area contributed by atoms with Crippen LogP contribution in [0.5, 0.6) is 0 Å². The van der Waals surface area contributed by atoms with Crippen molar-refractivity contribution < 1.29 is 0 Å². The minimum atomic E-state index is -0.147. The van der Waals surface area contributed by atoms with Gasteiger partial charge in [0.1, 0.15) is 0 Å². The number of benzene rings is 15. The van der Waals surface area contributed by atoms with E-state index >= 15 is 0 Å². The third kappa shape index (κ3) is 9.90. The second-order valence-electron chi connectivity index (χ2n) is 27.6. The van der Waals surface area contributed by atoms with Gasteiger partial charge in [-0.05, 0) is 181 Å². The van der Waals surface area contributed by atoms with Gasteiger partial charge in [0, 0.05) is 49.4 Å². The van der Waals surface area contributed by atoms with Crippen LogP contribution >= 0.6 is 11.8 Å². The van der Waals surface area contributed by atoms with Crippen molar-refractivity contribution in [2.24, 2.45) is 0 Å². The van der Waals surface area contributed by atoms with Crippen LogP contribution in [0.25, 0.3) is 99.1 Å². The SMILES string of the molecule is CC(C)(C)c1cc2ccc3cc(C(C)(C)C)cc4c(-c5ccc6c(c5)B5c7cc(-c8ccccc8)ccc7Sc7cc(N(c8ccc(-c9ccccc9)cc8)c8ccc(-c9ccccc9)cc8)cc(c75)N6c5c(-c6ccccc6)cccc5-c5ccccc5)cc(c1)c2c34. The summed E-state index contributed by atoms with van der Waals surface area (Å²) in [4.78, 5) is 7.64. The predicted octanol–water partition coefficient (Wildman–Crippen LogP) is 23.4. The minimum absolute atomic E-state index is 0.0408. The number of para-hydroxylation sites is 1. The fourth-order valence-corrected chi connectivity index (χ4v) is 16.1. The van der Waals surface area contributed by atoms with Crippen LogP contribution in [-0.4, -0.2) is 6.71 Å². The molecule has 0 saturated heterocycles. The van der Waals surface area contributed by atoms with Gasteiger partial charge in [-0.15, -0.1) is 0 Å². The van der Waals surface area contributed by atoms with E-state index < -0.39 is 0 Å². The summed E-state index contributed by atoms with van der Waals surface area (Å²) in [6.07, 6.45) is 0. The number of fused-ring (bicyclic) bond motifs is 4. The Labute approximate surface area is 556 Å². The molecule has 2 aliphatic heterocycles. The quantitative estimate of drug-likeness (QED) is 0.0995. The highest BCUT2D eigenvalue weighted by atomic mass is 32.2. The summed E-state index contributed by atoms with van der Waals surface area (Å²) in [5.41, 5.74) is 27.3. The van der Waals surface area contributed by atoms with Crippen molar-refractivity contribution >= 4 is 101 Å². The van der Waals surface area contributed by atoms with E-state index in [-0.39, 0.29) is 17.5 Å². The molecule has 0 aromatic heterocycles. The molecule has 0 bridgehead atoms. The molecule has 0 radical (unpaired) electrons. The van der Waals surface area contributed by atoms with Crippen LogP contribution in [0.1, 0.15) is 52.7 Å². The van der Waals surface area contributed by atoms with Crippen molar-refractivity contribution in [1.82, 2.24) is 0 Å². The molecule has 2 aliphatic rings. The van der Waals surface area contributed by atoms with E-state index in [4.69, 9.17) is 0 Å². The van der Waals surface area contributed by atoms with Gasteiger partial charge in [-0.2, -0.15) is 0 Å². The predicted molar refractivity (Wildman–Crippen MR) is 405 cm³/mol. The van der Waals surface area contributed by atoms with Gasteiger partial charge in [0.2, 0.25) is 6.71 Å². The summed E-state index contributed by atoms with van der Waals surface area (Å²) in [6, 6.07) is 117. The lowest BCUT2D eigenvalue weighted by Crippen LogP contribution is -2.60. The maximum absolute atomic E-state index is 2.67. The smallest absolute Gasteiger partial charge is 0.249 e. The molecule has 0 saturated carbocycles. The first-order chi connectivity index (χ1) is 45.9. The molecule has 0 aliphatic carbocycles. The Morgan fingerprint density at radius 3 is 1.31 bits per heavy atom. The Balaban J connectivity index is 0.976. The standard InChI is InChI=1S/C90H69BN2S/c1-89(2,3)70-49-67-35-36-68-50-71(90(4,5)6)55-78-77(52-69(51-70)85(67)86(68)78)66-41-47-81-79(54-66)91-80-53-65(60-27-16-9-17-28-60)42-48-83(80)94-84-57-74(56-82(87(84)91)93(81)88-75(63-29-18-10-19-30-63)33-22-34-76(88)64-31-20-11-21-32-64)92(72-43-37-61(38-44-72)58-23-12-7-13-24-58)73-45-39-62(40-46-73)59-25-14-8-15-26-59/h7-57H,1-6H3. The average molecular weight is 1220 g/mol. The van der Waals surface area contributed by atoms with Crippen molar-refractivity contribution in [3.05, 3.63) is 321 Å². The molecule has 0 unspecified atom stereocenters. The fraction of sp³-hybridized carbons (Fsp3) is 0.0889. The molecule has 0 N–H and O–H groups in total. The number of hydrogen-bond acceptors (Lipinski definition) is 3. The highest BCUT2D eigenvalue weighted by Crippen LogP contribution is 2.53. The lowest BCUT2D eigenvalue weighted by atomic mass is 9.34. The number of rotatable bonds is 10. The van der Waals surface area contributed by atoms with Crippen LogP contribution in [0.4, 0.5) is 34.1 Å². The first kappa shape index (κ1) is 57.3. The van der Waals surface area contributed by atoms with Gasteiger partial charge in [-0.3, -0.25) is 0 Å². The second-order valence-corrected chi connectivity index (χ2v) is 28.7. The van der Waals surface area contributed by atoms with Gasteiger partial charge < -0.3 is 9.80 Å². The van der Waals surface area contributed by atoms with Crippen LogP contribution in [0, 0.1) is 0 Å². The molecule has 0 spiro atoms. The lowest BCUT2D eigenvalue weighted by molar-refractivity contribution is 0.591. The van der Waals surface area contributed by atoms with E-state index in [2.05, 4.69) is 361 Å². The van der Waals surface area contributed by atoms with Crippen molar-refractivity contribution in [3.8, 4) is 66.8 Å². The van der Waals surface area contributed by atoms with Gasteiger partial charge in [0.25, 0.3) is 0 Å². The Bertz CT molecular complexity index is 5240. The number of nitrogens with zero attached hydrogens (tertiary/aromatic N) is 2. The van der Waals surface area contributed by atoms with Crippen LogP contribution in [-0.2, 0) is 10.8 Å². The van der Waals surface area contributed by atoms with Crippen LogP contribution < -0.4 is 26.2 Å². The molecule has 2 heterocycles. The van der Waals surface area contributed by atoms with Gasteiger partial charge in [-0.25, -0.2) is 0 Å². The summed E-state index contributed by atoms with van der Waals surface area (Å²) >= 11 is 1.91. The number of hydrogen-bond donors (Lipinski definition) is 0. The summed E-state index contributed by atoms with van der Waals surface area (Å²) < 4.78 is 0. The monoisotopic (exact) mass is 1220 g/mol. The van der Waals surface area contributed by atoms with Gasteiger partial charge in [-0.1, -0.05) is 307 Å². The topological polar surface area (TPSA) is 6.48 Å². The first-order valence-electron chi connectivity index (χ1n) is 33.0. The fourth-order valence-electron chi connectivity index (χ4n) is 14.9. The molecule has 0 atom stereocenters. The summed E-state index contributed by atoms with van der Waals surface area (Å²) in [5, 5.41) is 7.84. The van der Waals surface area contributed by atoms with Crippen molar-refractivity contribution in [3.63, 3.8) is 0 Å². The molecule has 15 aromatic carbocycles. The Hall–Kier alpha value is -10.6. The highest BCUT2D eigenvalue weighted by molar-refractivity contribution is 8.00. The van der Waals surface area contributed by atoms with Crippen LogP contribution in [0.3, 0.4) is 0 Å². The molecule has 448 valence electrons. The average Bonchev–Trinajstić information content (AvgIpc) is 0.704. The van der Waals surface area contributed by atoms with Gasteiger partial charge >= 0.3 is 0 Å². The molecular formula is C90H69BN2S. The normalized spacial score (nSPS) is 12.7. The maximum Gasteiger partial charge on any atom is 0.249 e. The molecule has 17 rings (SSSR count). The Kier molecular flexibility index (Phi) is 13.8. The molecule has 2 nitrogen and oxygen atoms in total. The van der Waals surface area contributed by atoms with E-state index in [0.29, 0.717) is 0 Å². The summed E-state index contributed by atoms with van der Waals surface area (Å²) in [6.45, 7) is 13.9. The van der Waals surface area contributed by atoms with Crippen LogP contribution in [0.2, 0.25) is 0 Å². The molecule has 4 heteroatoms. The zero-order valence-electron chi connectivity index (χ0n) is 53.8. The van der Waals surface area contributed by atoms with Crippen molar-refractivity contribution in [1.29, 1.82) is 0 Å². The molecule has 0 fully saturated rings. The third-order valence-corrected chi connectivity index (χ3v) is 20.9. The molecular weight excluding hydrogens is 1150 g/mol. The molecule has 94 heavy (non-hydrogen) atoms. The van der Waals surface area contributed by atoms with E-state index in [0.717, 1.165) is 56.4 Å². The minimum Gasteiger partial charge on any atom is -0.310 e. The van der Waals surface area contributed by atoms with E-state index in [1.54, 1.807) is 0 Å². The Morgan fingerprint density at radius 1 is 0.309 bits per heavy atom. The van der Waals surface area contributed by atoms with E-state index in [1.165, 1.54) is 114 Å². The maximum atomic E-state index is 2.67. The van der Waals surface area contributed by atoms with Crippen LogP contribution in [0.15, 0.2) is 319 Å². The molecule has 15 aromatic rings. The van der Waals surface area contributed by atoms with Gasteiger partial charge in [0.05, 0.1) is 5.69 Å². The van der Waals surface area contributed by atoms with E-state index in [9.17, 15) is 0 Å². The number of anilines is 6. The van der Waals surface area contributed by atoms with Gasteiger partial charge in [0.15, 0.2) is 0 Å². The highest BCUT2D eigenvalue weighted by Gasteiger charge is 2.43. The largest absolute Gasteiger partial charge is 0.310 e. The zero-order valence-corrected chi connectivity index (χ0v) is 54.6. The first-order valence-corrected chi connectivity index (χ1v) is 33.8. The zero-order chi connectivity index (χ0) is 63.4. The second kappa shape index (κ2) is 22.6. The lowest BCUT2D eigenvalue weighted by Gasteiger charge is -2.42. The summed E-state index contributed by atoms with van der Waals surface area (Å²) in [7, 11) is 0. The van der Waals surface area contributed by atoms with E-state index in [1.807, 2.05) is 11.8 Å². The third-order valence-electron chi connectivity index (χ3n) is 19.7. The van der Waals surface area contributed by atoms with Crippen molar-refractivity contribution in [2.45, 2.75) is 62.2 Å². The Morgan fingerprint density at radius 2 is 0.766 bits per heavy atom. The van der Waals surface area contributed by atoms with Crippen molar-refractivity contribution in [2.75, 3.05) is 9.80 Å². The molecule has 0 amide bonds.